The van der Waals surface area contributed by atoms with Crippen LogP contribution in [0, 0.1) is 0 Å². The van der Waals surface area contributed by atoms with E-state index in [0.29, 0.717) is 0 Å². The summed E-state index contributed by atoms with van der Waals surface area (Å²) in [5.74, 6) is -0.579. The molecule has 108 valence electrons. The van der Waals surface area contributed by atoms with E-state index in [-0.39, 0.29) is 20.3 Å². The average molecular weight is 307 g/mol. The average Bonchev–Trinajstić information content (AvgIpc) is 2.26. The van der Waals surface area contributed by atoms with Crippen molar-refractivity contribution in [1.29, 1.82) is 0 Å². The summed E-state index contributed by atoms with van der Waals surface area (Å²) in [6, 6.07) is 3.32. The minimum atomic E-state index is -4.87. The summed E-state index contributed by atoms with van der Waals surface area (Å²) in [6.07, 6.45) is -6.08. The number of carbonyl (C=O) groups is 1. The van der Waals surface area contributed by atoms with Crippen LogP contribution in [0.1, 0.15) is 1.43 Å². The van der Waals surface area contributed by atoms with E-state index in [4.69, 9.17) is 0 Å². The molecule has 1 rings (SSSR count). The number of nitrogens with one attached hydrogen (secondary N) is 1. The maximum atomic E-state index is 11.9. The van der Waals surface area contributed by atoms with Crippen LogP contribution < -0.4 is 28.3 Å². The number of benzene rings is 1. The Bertz CT molecular complexity index is 564. The molecule has 0 unspecified atom stereocenters. The van der Waals surface area contributed by atoms with Gasteiger partial charge in [0.05, 0.1) is 12.0 Å². The molecule has 0 atom stereocenters. The van der Waals surface area contributed by atoms with E-state index in [9.17, 15) is 26.4 Å². The van der Waals surface area contributed by atoms with Crippen LogP contribution in [0.5, 0.6) is 5.75 Å². The standard InChI is InChI=1S/C9H8F3NO5S.Li.H/c1-17-8(14)13-19(15,16)7-4-2-6(3-5-7)18-9(10,11)12;;/h2-5H,1H3,(H,13,14);;/q;+1;-1. The molecule has 0 heterocycles. The third-order valence-electron chi connectivity index (χ3n) is 1.77. The zero-order chi connectivity index (χ0) is 14.7. The summed E-state index contributed by atoms with van der Waals surface area (Å²) in [5.41, 5.74) is 0. The predicted octanol–water partition coefficient (Wildman–Crippen LogP) is -1.25. The van der Waals surface area contributed by atoms with Crippen molar-refractivity contribution in [2.24, 2.45) is 0 Å². The van der Waals surface area contributed by atoms with Gasteiger partial charge in [0, 0.05) is 0 Å². The summed E-state index contributed by atoms with van der Waals surface area (Å²) in [5, 5.41) is 0. The number of carbonyl (C=O) groups excluding carboxylic acids is 1. The van der Waals surface area contributed by atoms with Crippen LogP contribution in [0.3, 0.4) is 0 Å². The van der Waals surface area contributed by atoms with Crippen LogP contribution >= 0.6 is 0 Å². The maximum absolute atomic E-state index is 11.9. The first kappa shape index (κ1) is 18.6. The van der Waals surface area contributed by atoms with Gasteiger partial charge in [0.15, 0.2) is 0 Å². The Balaban J connectivity index is 0. The molecule has 0 saturated heterocycles. The molecule has 0 saturated carbocycles. The summed E-state index contributed by atoms with van der Waals surface area (Å²) in [4.78, 5) is 10.4. The SMILES string of the molecule is COC(=O)NS(=O)(=O)c1ccc(OC(F)(F)F)cc1.[H-].[Li+]. The normalized spacial score (nSPS) is 11.2. The Kier molecular flexibility index (Phi) is 6.40. The van der Waals surface area contributed by atoms with Gasteiger partial charge in [-0.25, -0.2) is 17.9 Å². The first-order valence-electron chi connectivity index (χ1n) is 4.60. The molecule has 0 bridgehead atoms. The van der Waals surface area contributed by atoms with Gasteiger partial charge in [-0.05, 0) is 24.3 Å². The van der Waals surface area contributed by atoms with Crippen molar-refractivity contribution in [3.05, 3.63) is 24.3 Å². The number of ether oxygens (including phenoxy) is 2. The molecule has 0 spiro atoms. The topological polar surface area (TPSA) is 81.7 Å². The van der Waals surface area contributed by atoms with Crippen molar-refractivity contribution < 1.29 is 56.1 Å². The number of amides is 1. The minimum Gasteiger partial charge on any atom is -1.00 e. The Morgan fingerprint density at radius 2 is 1.75 bits per heavy atom. The van der Waals surface area contributed by atoms with Crippen LogP contribution in [0.4, 0.5) is 18.0 Å². The number of hydrogen-bond donors (Lipinski definition) is 1. The van der Waals surface area contributed by atoms with E-state index in [1.807, 2.05) is 0 Å². The van der Waals surface area contributed by atoms with Gasteiger partial charge < -0.3 is 10.9 Å². The Labute approximate surface area is 126 Å². The summed E-state index contributed by atoms with van der Waals surface area (Å²) < 4.78 is 67.9. The Morgan fingerprint density at radius 1 is 1.25 bits per heavy atom. The van der Waals surface area contributed by atoms with Crippen molar-refractivity contribution in [3.8, 4) is 5.75 Å². The molecule has 0 aliphatic rings. The van der Waals surface area contributed by atoms with Crippen molar-refractivity contribution in [1.82, 2.24) is 4.72 Å². The Morgan fingerprint density at radius 3 is 2.15 bits per heavy atom. The number of alkyl halides is 3. The van der Waals surface area contributed by atoms with Crippen molar-refractivity contribution >= 4 is 16.1 Å². The third kappa shape index (κ3) is 5.73. The van der Waals surface area contributed by atoms with Crippen LogP contribution in [0.25, 0.3) is 0 Å². The molecule has 1 aromatic carbocycles. The zero-order valence-electron chi connectivity index (χ0n) is 11.4. The van der Waals surface area contributed by atoms with Crippen LogP contribution in [-0.4, -0.2) is 28.0 Å². The van der Waals surface area contributed by atoms with Gasteiger partial charge in [0.1, 0.15) is 5.75 Å². The molecule has 1 aromatic rings. The molecule has 0 aliphatic heterocycles. The van der Waals surface area contributed by atoms with E-state index in [1.165, 1.54) is 4.72 Å². The maximum Gasteiger partial charge on any atom is 1.00 e. The van der Waals surface area contributed by atoms with Crippen molar-refractivity contribution in [2.75, 3.05) is 7.11 Å². The summed E-state index contributed by atoms with van der Waals surface area (Å²) in [7, 11) is -3.23. The van der Waals surface area contributed by atoms with Gasteiger partial charge in [-0.2, -0.15) is 0 Å². The molecular formula is C9H9F3LiNO5S. The smallest absolute Gasteiger partial charge is 1.00 e. The van der Waals surface area contributed by atoms with Crippen LogP contribution in [0.15, 0.2) is 29.2 Å². The van der Waals surface area contributed by atoms with Gasteiger partial charge in [-0.15, -0.1) is 13.2 Å². The molecule has 0 fully saturated rings. The largest absolute Gasteiger partial charge is 1.00 e. The fourth-order valence-corrected chi connectivity index (χ4v) is 1.95. The number of halogens is 3. The molecule has 11 heteroatoms. The van der Waals surface area contributed by atoms with E-state index in [0.717, 1.165) is 31.4 Å². The van der Waals surface area contributed by atoms with Gasteiger partial charge in [0.25, 0.3) is 10.0 Å². The second-order valence-electron chi connectivity index (χ2n) is 3.12. The quantitative estimate of drug-likeness (QED) is 0.706. The minimum absolute atomic E-state index is 0. The fourth-order valence-electron chi connectivity index (χ4n) is 1.03. The molecule has 1 N–H and O–H groups in total. The Hall–Kier alpha value is -1.37. The monoisotopic (exact) mass is 307 g/mol. The molecule has 20 heavy (non-hydrogen) atoms. The van der Waals surface area contributed by atoms with Gasteiger partial charge >= 0.3 is 31.3 Å². The second kappa shape index (κ2) is 6.87. The molecule has 6 nitrogen and oxygen atoms in total. The van der Waals surface area contributed by atoms with E-state index in [2.05, 4.69) is 9.47 Å². The van der Waals surface area contributed by atoms with Crippen LogP contribution in [-0.2, 0) is 14.8 Å². The number of sulfonamides is 1. The van der Waals surface area contributed by atoms with Gasteiger partial charge in [0.2, 0.25) is 0 Å². The number of rotatable bonds is 3. The molecule has 0 aromatic heterocycles. The molecule has 1 amide bonds. The molecule has 0 radical (unpaired) electrons. The third-order valence-corrected chi connectivity index (χ3v) is 3.10. The van der Waals surface area contributed by atoms with Gasteiger partial charge in [-0.1, -0.05) is 0 Å². The van der Waals surface area contributed by atoms with E-state index in [1.54, 1.807) is 0 Å². The predicted molar refractivity (Wildman–Crippen MR) is 57.0 cm³/mol. The van der Waals surface area contributed by atoms with Crippen LogP contribution in [0.2, 0.25) is 0 Å². The summed E-state index contributed by atoms with van der Waals surface area (Å²) in [6.45, 7) is 0. The summed E-state index contributed by atoms with van der Waals surface area (Å²) >= 11 is 0. The van der Waals surface area contributed by atoms with Crippen molar-refractivity contribution in [3.63, 3.8) is 0 Å². The fraction of sp³-hybridized carbons (Fsp3) is 0.222. The first-order valence-corrected chi connectivity index (χ1v) is 6.09. The van der Waals surface area contributed by atoms with Gasteiger partial charge in [-0.3, -0.25) is 0 Å². The molecular weight excluding hydrogens is 298 g/mol. The van der Waals surface area contributed by atoms with E-state index >= 15 is 0 Å². The number of methoxy groups -OCH3 is 1. The second-order valence-corrected chi connectivity index (χ2v) is 4.80. The molecule has 0 aliphatic carbocycles. The zero-order valence-corrected chi connectivity index (χ0v) is 11.2. The first-order chi connectivity index (χ1) is 8.64. The van der Waals surface area contributed by atoms with E-state index < -0.39 is 33.1 Å². The van der Waals surface area contributed by atoms with Crippen molar-refractivity contribution in [2.45, 2.75) is 11.3 Å². The number of hydrogen-bond acceptors (Lipinski definition) is 5.